The van der Waals surface area contributed by atoms with Crippen LogP contribution >= 0.6 is 0 Å². The Morgan fingerprint density at radius 1 is 0.829 bits per heavy atom. The summed E-state index contributed by atoms with van der Waals surface area (Å²) in [5, 5.41) is 0. The number of rotatable bonds is 4. The van der Waals surface area contributed by atoms with E-state index in [1.807, 2.05) is 55.6 Å². The number of oxazole rings is 1. The minimum atomic E-state index is 0.628. The molecule has 4 heteroatoms. The van der Waals surface area contributed by atoms with Gasteiger partial charge in [0.25, 0.3) is 0 Å². The summed E-state index contributed by atoms with van der Waals surface area (Å²) in [7, 11) is 2.04. The van der Waals surface area contributed by atoms with Crippen LogP contribution in [0, 0.1) is 0 Å². The van der Waals surface area contributed by atoms with Gasteiger partial charge in [-0.15, -0.1) is 0 Å². The summed E-state index contributed by atoms with van der Waals surface area (Å²) >= 11 is 0. The van der Waals surface area contributed by atoms with Gasteiger partial charge < -0.3 is 14.1 Å². The molecule has 4 aromatic rings. The summed E-state index contributed by atoms with van der Waals surface area (Å²) < 4.78 is 12.0. The van der Waals surface area contributed by atoms with E-state index < -0.39 is 0 Å². The van der Waals surface area contributed by atoms with E-state index in [4.69, 9.17) is 9.15 Å². The maximum atomic E-state index is 6.10. The molecule has 0 N–H and O–H groups in total. The Kier molecular flexibility index (Phi) is 5.55. The maximum absolute atomic E-state index is 6.10. The number of ether oxygens (including phenoxy) is 1. The second kappa shape index (κ2) is 9.15. The quantitative estimate of drug-likeness (QED) is 0.313. The molecule has 1 aliphatic heterocycles. The molecule has 35 heavy (non-hydrogen) atoms. The first-order chi connectivity index (χ1) is 17.3. The van der Waals surface area contributed by atoms with Crippen molar-refractivity contribution in [3.05, 3.63) is 126 Å². The number of benzene rings is 3. The zero-order valence-electron chi connectivity index (χ0n) is 19.6. The fourth-order valence-electron chi connectivity index (χ4n) is 4.81. The normalized spacial score (nSPS) is 18.1. The standard InChI is InChI=1S/C31H26N2O2/c1-33-26-15-6-8-17-28(26)35-30(33)21-19-24-13-9-12-23(31(24)22-10-3-2-4-11-22)18-20-29-32-25-14-5-7-16-27(25)34-29/h2-8,10-11,14-21H,9,12-13H2,1H3/b20-18+,24-19+,30-21-. The zero-order valence-corrected chi connectivity index (χ0v) is 19.6. The van der Waals surface area contributed by atoms with E-state index in [1.165, 1.54) is 22.3 Å². The lowest BCUT2D eigenvalue weighted by atomic mass is 9.83. The number of hydrogen-bond acceptors (Lipinski definition) is 4. The van der Waals surface area contributed by atoms with Crippen LogP contribution in [0.3, 0.4) is 0 Å². The Bertz CT molecular complexity index is 1470. The highest BCUT2D eigenvalue weighted by atomic mass is 16.5. The highest BCUT2D eigenvalue weighted by molar-refractivity contribution is 5.85. The molecule has 3 aromatic carbocycles. The monoisotopic (exact) mass is 458 g/mol. The number of hydrogen-bond donors (Lipinski definition) is 0. The number of anilines is 1. The fraction of sp³-hybridized carbons (Fsp3) is 0.129. The Labute approximate surface area is 205 Å². The van der Waals surface area contributed by atoms with Gasteiger partial charge in [-0.3, -0.25) is 0 Å². The van der Waals surface area contributed by atoms with Crippen LogP contribution in [0.5, 0.6) is 5.75 Å². The van der Waals surface area contributed by atoms with Gasteiger partial charge in [0.15, 0.2) is 17.2 Å². The van der Waals surface area contributed by atoms with Gasteiger partial charge in [-0.1, -0.05) is 66.7 Å². The Balaban J connectivity index is 1.38. The number of para-hydroxylation sites is 4. The van der Waals surface area contributed by atoms with Crippen molar-refractivity contribution in [2.24, 2.45) is 0 Å². The predicted molar refractivity (Wildman–Crippen MR) is 142 cm³/mol. The van der Waals surface area contributed by atoms with E-state index >= 15 is 0 Å². The Morgan fingerprint density at radius 2 is 1.63 bits per heavy atom. The molecule has 0 unspecified atom stereocenters. The van der Waals surface area contributed by atoms with Crippen molar-refractivity contribution in [2.75, 3.05) is 11.9 Å². The molecule has 172 valence electrons. The van der Waals surface area contributed by atoms with Crippen LogP contribution in [0.25, 0.3) is 22.7 Å². The van der Waals surface area contributed by atoms with E-state index in [0.29, 0.717) is 5.89 Å². The average molecular weight is 459 g/mol. The summed E-state index contributed by atoms with van der Waals surface area (Å²) in [6.07, 6.45) is 11.6. The number of aromatic nitrogens is 1. The van der Waals surface area contributed by atoms with Gasteiger partial charge in [-0.25, -0.2) is 4.98 Å². The predicted octanol–water partition coefficient (Wildman–Crippen LogP) is 7.78. The van der Waals surface area contributed by atoms with Gasteiger partial charge in [0.2, 0.25) is 5.89 Å². The van der Waals surface area contributed by atoms with Gasteiger partial charge in [-0.2, -0.15) is 0 Å². The molecule has 2 aliphatic rings. The van der Waals surface area contributed by atoms with Gasteiger partial charge in [0, 0.05) is 13.1 Å². The van der Waals surface area contributed by atoms with E-state index in [0.717, 1.165) is 47.7 Å². The van der Waals surface area contributed by atoms with Crippen LogP contribution < -0.4 is 9.64 Å². The second-order valence-electron chi connectivity index (χ2n) is 8.80. The Morgan fingerprint density at radius 3 is 2.49 bits per heavy atom. The lowest BCUT2D eigenvalue weighted by Crippen LogP contribution is -2.13. The van der Waals surface area contributed by atoms with Crippen molar-refractivity contribution >= 4 is 28.4 Å². The number of nitrogens with zero attached hydrogens (tertiary/aromatic N) is 2. The lowest BCUT2D eigenvalue weighted by molar-refractivity contribution is 0.444. The summed E-state index contributed by atoms with van der Waals surface area (Å²) in [6.45, 7) is 0. The van der Waals surface area contributed by atoms with Crippen molar-refractivity contribution in [3.8, 4) is 5.75 Å². The van der Waals surface area contributed by atoms with Crippen LogP contribution in [-0.2, 0) is 0 Å². The molecule has 0 atom stereocenters. The summed E-state index contributed by atoms with van der Waals surface area (Å²) in [6, 6.07) is 26.6. The van der Waals surface area contributed by atoms with E-state index in [-0.39, 0.29) is 0 Å². The van der Waals surface area contributed by atoms with Gasteiger partial charge >= 0.3 is 0 Å². The molecule has 2 heterocycles. The smallest absolute Gasteiger partial charge is 0.220 e. The molecule has 4 nitrogen and oxygen atoms in total. The molecule has 6 rings (SSSR count). The first kappa shape index (κ1) is 21.2. The van der Waals surface area contributed by atoms with Crippen molar-refractivity contribution in [1.82, 2.24) is 4.98 Å². The van der Waals surface area contributed by atoms with Crippen LogP contribution in [0.15, 0.2) is 119 Å². The highest BCUT2D eigenvalue weighted by Crippen LogP contribution is 2.40. The zero-order chi connectivity index (χ0) is 23.6. The minimum Gasteiger partial charge on any atom is -0.439 e. The molecule has 0 saturated heterocycles. The molecular weight excluding hydrogens is 432 g/mol. The molecule has 0 amide bonds. The van der Waals surface area contributed by atoms with Crippen LogP contribution in [0.4, 0.5) is 5.69 Å². The van der Waals surface area contributed by atoms with Crippen molar-refractivity contribution in [1.29, 1.82) is 0 Å². The average Bonchev–Trinajstić information content (AvgIpc) is 3.47. The fourth-order valence-corrected chi connectivity index (χ4v) is 4.81. The van der Waals surface area contributed by atoms with Crippen molar-refractivity contribution < 1.29 is 9.15 Å². The van der Waals surface area contributed by atoms with Crippen LogP contribution in [-0.4, -0.2) is 12.0 Å². The first-order valence-electron chi connectivity index (χ1n) is 12.0. The van der Waals surface area contributed by atoms with Crippen LogP contribution in [0.2, 0.25) is 0 Å². The third-order valence-corrected chi connectivity index (χ3v) is 6.53. The third-order valence-electron chi connectivity index (χ3n) is 6.53. The number of fused-ring (bicyclic) bond motifs is 2. The molecule has 1 aromatic heterocycles. The minimum absolute atomic E-state index is 0.628. The highest BCUT2D eigenvalue weighted by Gasteiger charge is 2.22. The van der Waals surface area contributed by atoms with E-state index in [9.17, 15) is 0 Å². The SMILES string of the molecule is CN1/C(=C/C=C2\CCCC(/C=C/c3nc4ccccc4o3)=C2c2ccccc2)Oc2ccccc21. The third kappa shape index (κ3) is 4.19. The van der Waals surface area contributed by atoms with Crippen LogP contribution in [0.1, 0.15) is 30.7 Å². The largest absolute Gasteiger partial charge is 0.439 e. The topological polar surface area (TPSA) is 38.5 Å². The van der Waals surface area contributed by atoms with Gasteiger partial charge in [0.1, 0.15) is 5.52 Å². The summed E-state index contributed by atoms with van der Waals surface area (Å²) in [5.41, 5.74) is 7.86. The van der Waals surface area contributed by atoms with Gasteiger partial charge in [0.05, 0.1) is 5.69 Å². The molecule has 0 spiro atoms. The first-order valence-corrected chi connectivity index (χ1v) is 12.0. The van der Waals surface area contributed by atoms with E-state index in [1.54, 1.807) is 0 Å². The number of allylic oxidation sites excluding steroid dienone is 6. The van der Waals surface area contributed by atoms with Crippen molar-refractivity contribution in [2.45, 2.75) is 19.3 Å². The van der Waals surface area contributed by atoms with E-state index in [2.05, 4.69) is 64.5 Å². The Hall–Kier alpha value is -4.31. The molecular formula is C31H26N2O2. The second-order valence-corrected chi connectivity index (χ2v) is 8.80. The van der Waals surface area contributed by atoms with Gasteiger partial charge in [-0.05, 0) is 71.9 Å². The maximum Gasteiger partial charge on any atom is 0.220 e. The van der Waals surface area contributed by atoms with Crippen molar-refractivity contribution in [3.63, 3.8) is 0 Å². The molecule has 0 radical (unpaired) electrons. The molecule has 1 aliphatic carbocycles. The summed E-state index contributed by atoms with van der Waals surface area (Å²) in [4.78, 5) is 6.70. The summed E-state index contributed by atoms with van der Waals surface area (Å²) in [5.74, 6) is 2.35. The molecule has 0 fully saturated rings. The molecule has 0 bridgehead atoms. The lowest BCUT2D eigenvalue weighted by Gasteiger charge is -2.22. The molecule has 0 saturated carbocycles.